The molecule has 3 atom stereocenters. The Morgan fingerprint density at radius 1 is 1.11 bits per heavy atom. The number of allylic oxidation sites excluding steroid dienone is 4. The van der Waals surface area contributed by atoms with Crippen LogP contribution < -0.4 is 0 Å². The molecule has 0 aromatic rings. The first-order chi connectivity index (χ1) is 8.49. The van der Waals surface area contributed by atoms with Gasteiger partial charge in [0, 0.05) is 6.42 Å². The first-order valence-corrected chi connectivity index (χ1v) is 7.21. The summed E-state index contributed by atoms with van der Waals surface area (Å²) in [6.07, 6.45) is 12.0. The monoisotopic (exact) mass is 250 g/mol. The molecule has 0 fully saturated rings. The van der Waals surface area contributed by atoms with Crippen molar-refractivity contribution in [3.63, 3.8) is 0 Å². The number of carbonyl (C=O) groups is 1. The minimum absolute atomic E-state index is 0.522. The average molecular weight is 250 g/mol. The molecule has 0 heterocycles. The Kier molecular flexibility index (Phi) is 9.63. The van der Waals surface area contributed by atoms with Crippen molar-refractivity contribution in [1.82, 2.24) is 0 Å². The second kappa shape index (κ2) is 10.1. The highest BCUT2D eigenvalue weighted by Crippen LogP contribution is 2.18. The number of hydrogen-bond donors (Lipinski definition) is 0. The Morgan fingerprint density at radius 2 is 1.72 bits per heavy atom. The van der Waals surface area contributed by atoms with Crippen LogP contribution in [0.15, 0.2) is 23.8 Å². The second-order valence-electron chi connectivity index (χ2n) is 5.83. The van der Waals surface area contributed by atoms with Crippen molar-refractivity contribution in [2.24, 2.45) is 17.8 Å². The summed E-state index contributed by atoms with van der Waals surface area (Å²) in [7, 11) is 0. The third-order valence-electron chi connectivity index (χ3n) is 3.44. The van der Waals surface area contributed by atoms with Crippen LogP contribution in [0.5, 0.6) is 0 Å². The SMILES string of the molecule is C/C=C(\C)C[C@@H](C)/C=C/C[C@@H](C)C[C@@H](C)CC=O. The minimum Gasteiger partial charge on any atom is -0.303 e. The van der Waals surface area contributed by atoms with Crippen LogP contribution in [-0.2, 0) is 4.79 Å². The van der Waals surface area contributed by atoms with E-state index in [4.69, 9.17) is 0 Å². The van der Waals surface area contributed by atoms with E-state index in [0.29, 0.717) is 24.2 Å². The average Bonchev–Trinajstić information content (AvgIpc) is 2.28. The molecular weight excluding hydrogens is 220 g/mol. The highest BCUT2D eigenvalue weighted by atomic mass is 16.1. The number of aldehydes is 1. The van der Waals surface area contributed by atoms with Crippen molar-refractivity contribution < 1.29 is 4.79 Å². The van der Waals surface area contributed by atoms with Crippen molar-refractivity contribution in [3.05, 3.63) is 23.8 Å². The van der Waals surface area contributed by atoms with Gasteiger partial charge in [-0.25, -0.2) is 0 Å². The molecule has 0 amide bonds. The predicted molar refractivity (Wildman–Crippen MR) is 80.6 cm³/mol. The van der Waals surface area contributed by atoms with Gasteiger partial charge in [-0.1, -0.05) is 44.6 Å². The maximum absolute atomic E-state index is 10.4. The third kappa shape index (κ3) is 9.21. The quantitative estimate of drug-likeness (QED) is 0.407. The first kappa shape index (κ1) is 17.2. The molecule has 1 nitrogen and oxygen atoms in total. The zero-order valence-electron chi connectivity index (χ0n) is 12.8. The standard InChI is InChI=1S/C17H30O/c1-6-14(2)12-15(3)8-7-9-16(4)13-17(5)10-11-18/h6-8,11,15-17H,9-10,12-13H2,1-5H3/b8-7+,14-6+/t15-,16+,17-/m0/s1. The Labute approximate surface area is 113 Å². The molecule has 0 radical (unpaired) electrons. The van der Waals surface area contributed by atoms with Gasteiger partial charge in [-0.2, -0.15) is 0 Å². The lowest BCUT2D eigenvalue weighted by Crippen LogP contribution is -2.03. The zero-order valence-corrected chi connectivity index (χ0v) is 12.8. The fourth-order valence-electron chi connectivity index (χ4n) is 2.28. The second-order valence-corrected chi connectivity index (χ2v) is 5.83. The highest BCUT2D eigenvalue weighted by Gasteiger charge is 2.07. The Hall–Kier alpha value is -0.850. The van der Waals surface area contributed by atoms with E-state index >= 15 is 0 Å². The molecule has 104 valence electrons. The summed E-state index contributed by atoms with van der Waals surface area (Å²) in [5.74, 6) is 1.82. The van der Waals surface area contributed by atoms with Crippen molar-refractivity contribution in [2.45, 2.75) is 60.3 Å². The maximum atomic E-state index is 10.4. The molecule has 0 aromatic carbocycles. The van der Waals surface area contributed by atoms with Gasteiger partial charge >= 0.3 is 0 Å². The van der Waals surface area contributed by atoms with Gasteiger partial charge < -0.3 is 4.79 Å². The summed E-state index contributed by atoms with van der Waals surface area (Å²) in [6, 6.07) is 0. The molecule has 0 bridgehead atoms. The van der Waals surface area contributed by atoms with Gasteiger partial charge in [0.25, 0.3) is 0 Å². The van der Waals surface area contributed by atoms with E-state index < -0.39 is 0 Å². The molecule has 0 aromatic heterocycles. The summed E-state index contributed by atoms with van der Waals surface area (Å²) in [5, 5.41) is 0. The largest absolute Gasteiger partial charge is 0.303 e. The molecule has 0 rings (SSSR count). The van der Waals surface area contributed by atoms with Crippen molar-refractivity contribution in [3.8, 4) is 0 Å². The normalized spacial score (nSPS) is 17.7. The zero-order chi connectivity index (χ0) is 14.0. The smallest absolute Gasteiger partial charge is 0.120 e. The molecule has 1 heteroatoms. The van der Waals surface area contributed by atoms with Gasteiger partial charge in [-0.15, -0.1) is 0 Å². The fourth-order valence-corrected chi connectivity index (χ4v) is 2.28. The van der Waals surface area contributed by atoms with Crippen LogP contribution in [0.4, 0.5) is 0 Å². The molecule has 18 heavy (non-hydrogen) atoms. The van der Waals surface area contributed by atoms with Crippen molar-refractivity contribution in [2.75, 3.05) is 0 Å². The molecule has 0 unspecified atom stereocenters. The van der Waals surface area contributed by atoms with E-state index in [1.165, 1.54) is 5.57 Å². The minimum atomic E-state index is 0.522. The van der Waals surface area contributed by atoms with E-state index in [0.717, 1.165) is 25.5 Å². The van der Waals surface area contributed by atoms with Crippen LogP contribution in [0.2, 0.25) is 0 Å². The number of hydrogen-bond acceptors (Lipinski definition) is 1. The van der Waals surface area contributed by atoms with Gasteiger partial charge in [-0.05, 0) is 50.9 Å². The summed E-state index contributed by atoms with van der Waals surface area (Å²) >= 11 is 0. The van der Waals surface area contributed by atoms with Crippen LogP contribution >= 0.6 is 0 Å². The molecule has 0 aliphatic heterocycles. The predicted octanol–water partition coefficient (Wildman–Crippen LogP) is 5.18. The van der Waals surface area contributed by atoms with Gasteiger partial charge in [-0.3, -0.25) is 0 Å². The molecule has 0 aliphatic carbocycles. The topological polar surface area (TPSA) is 17.1 Å². The van der Waals surface area contributed by atoms with E-state index in [2.05, 4.69) is 52.8 Å². The molecular formula is C17H30O. The third-order valence-corrected chi connectivity index (χ3v) is 3.44. The summed E-state index contributed by atoms with van der Waals surface area (Å²) in [4.78, 5) is 10.4. The number of carbonyl (C=O) groups excluding carboxylic acids is 1. The highest BCUT2D eigenvalue weighted by molar-refractivity contribution is 5.49. The first-order valence-electron chi connectivity index (χ1n) is 7.21. The lowest BCUT2D eigenvalue weighted by Gasteiger charge is -2.13. The molecule has 0 N–H and O–H groups in total. The van der Waals surface area contributed by atoms with E-state index in [1.807, 2.05) is 0 Å². The summed E-state index contributed by atoms with van der Waals surface area (Å²) in [5.41, 5.74) is 1.46. The summed E-state index contributed by atoms with van der Waals surface area (Å²) < 4.78 is 0. The van der Waals surface area contributed by atoms with E-state index in [9.17, 15) is 4.79 Å². The van der Waals surface area contributed by atoms with Gasteiger partial charge in [0.05, 0.1) is 0 Å². The van der Waals surface area contributed by atoms with Gasteiger partial charge in [0.15, 0.2) is 0 Å². The Balaban J connectivity index is 3.89. The van der Waals surface area contributed by atoms with Crippen LogP contribution in [0.25, 0.3) is 0 Å². The van der Waals surface area contributed by atoms with E-state index in [-0.39, 0.29) is 0 Å². The van der Waals surface area contributed by atoms with Crippen LogP contribution in [0.3, 0.4) is 0 Å². The molecule has 0 saturated carbocycles. The van der Waals surface area contributed by atoms with Crippen molar-refractivity contribution in [1.29, 1.82) is 0 Å². The van der Waals surface area contributed by atoms with Crippen LogP contribution in [0.1, 0.15) is 60.3 Å². The lowest BCUT2D eigenvalue weighted by atomic mass is 9.92. The fraction of sp³-hybridized carbons (Fsp3) is 0.706. The molecule has 0 saturated heterocycles. The Morgan fingerprint density at radius 3 is 2.28 bits per heavy atom. The molecule has 0 aliphatic rings. The van der Waals surface area contributed by atoms with Crippen LogP contribution in [0, 0.1) is 17.8 Å². The molecule has 0 spiro atoms. The van der Waals surface area contributed by atoms with Crippen LogP contribution in [-0.4, -0.2) is 6.29 Å². The maximum Gasteiger partial charge on any atom is 0.120 e. The van der Waals surface area contributed by atoms with Gasteiger partial charge in [0.1, 0.15) is 6.29 Å². The van der Waals surface area contributed by atoms with Gasteiger partial charge in [0.2, 0.25) is 0 Å². The lowest BCUT2D eigenvalue weighted by molar-refractivity contribution is -0.108. The van der Waals surface area contributed by atoms with E-state index in [1.54, 1.807) is 0 Å². The Bertz CT molecular complexity index is 275. The number of rotatable bonds is 9. The summed E-state index contributed by atoms with van der Waals surface area (Å²) in [6.45, 7) is 11.0. The van der Waals surface area contributed by atoms with Crippen molar-refractivity contribution >= 4 is 6.29 Å².